The van der Waals surface area contributed by atoms with Crippen molar-refractivity contribution in [2.75, 3.05) is 5.75 Å². The van der Waals surface area contributed by atoms with Gasteiger partial charge in [0.1, 0.15) is 5.82 Å². The summed E-state index contributed by atoms with van der Waals surface area (Å²) in [5.41, 5.74) is 6.84. The van der Waals surface area contributed by atoms with Crippen LogP contribution in [0.15, 0.2) is 18.2 Å². The van der Waals surface area contributed by atoms with Gasteiger partial charge in [0.25, 0.3) is 0 Å². The van der Waals surface area contributed by atoms with E-state index >= 15 is 0 Å². The highest BCUT2D eigenvalue weighted by Crippen LogP contribution is 2.19. The number of unbranched alkanes of at least 4 members (excludes halogenated alkanes) is 1. The predicted octanol–water partition coefficient (Wildman–Crippen LogP) is 3.32. The fourth-order valence-electron chi connectivity index (χ4n) is 1.33. The molecular formula is C12H18FNS. The molecule has 0 radical (unpaired) electrons. The zero-order valence-corrected chi connectivity index (χ0v) is 9.95. The van der Waals surface area contributed by atoms with Crippen LogP contribution in [-0.4, -0.2) is 5.75 Å². The second-order valence-corrected chi connectivity index (χ2v) is 4.61. The van der Waals surface area contributed by atoms with Crippen molar-refractivity contribution >= 4 is 11.8 Å². The van der Waals surface area contributed by atoms with Gasteiger partial charge in [0.15, 0.2) is 0 Å². The van der Waals surface area contributed by atoms with E-state index in [-0.39, 0.29) is 12.4 Å². The molecule has 1 aromatic rings. The Morgan fingerprint density at radius 2 is 2.07 bits per heavy atom. The average Bonchev–Trinajstić information content (AvgIpc) is 2.26. The Hall–Kier alpha value is -0.540. The van der Waals surface area contributed by atoms with Gasteiger partial charge < -0.3 is 5.73 Å². The molecular weight excluding hydrogens is 209 g/mol. The molecule has 0 spiro atoms. The van der Waals surface area contributed by atoms with Crippen LogP contribution in [0.2, 0.25) is 0 Å². The van der Waals surface area contributed by atoms with E-state index in [9.17, 15) is 4.39 Å². The van der Waals surface area contributed by atoms with Crippen LogP contribution in [0.4, 0.5) is 4.39 Å². The minimum atomic E-state index is -0.121. The Labute approximate surface area is 95.2 Å². The third kappa shape index (κ3) is 3.84. The van der Waals surface area contributed by atoms with Crippen molar-refractivity contribution < 1.29 is 4.39 Å². The maximum Gasteiger partial charge on any atom is 0.131 e. The second kappa shape index (κ2) is 6.85. The first-order valence-electron chi connectivity index (χ1n) is 5.33. The maximum absolute atomic E-state index is 13.7. The van der Waals surface area contributed by atoms with Crippen LogP contribution in [0.25, 0.3) is 0 Å². The van der Waals surface area contributed by atoms with Crippen LogP contribution < -0.4 is 5.73 Å². The maximum atomic E-state index is 13.7. The minimum absolute atomic E-state index is 0.121. The molecule has 0 aromatic heterocycles. The lowest BCUT2D eigenvalue weighted by Crippen LogP contribution is -2.02. The van der Waals surface area contributed by atoms with Gasteiger partial charge in [-0.3, -0.25) is 0 Å². The molecule has 1 aromatic carbocycles. The molecule has 0 unspecified atom stereocenters. The Morgan fingerprint density at radius 1 is 1.33 bits per heavy atom. The molecule has 0 bridgehead atoms. The summed E-state index contributed by atoms with van der Waals surface area (Å²) in [5, 5.41) is 0. The molecule has 0 fully saturated rings. The Morgan fingerprint density at radius 3 is 2.73 bits per heavy atom. The van der Waals surface area contributed by atoms with Crippen LogP contribution >= 0.6 is 11.8 Å². The van der Waals surface area contributed by atoms with E-state index in [4.69, 9.17) is 5.73 Å². The molecule has 3 heteroatoms. The number of halogens is 1. The topological polar surface area (TPSA) is 26.0 Å². The summed E-state index contributed by atoms with van der Waals surface area (Å²) >= 11 is 1.78. The fraction of sp³-hybridized carbons (Fsp3) is 0.500. The molecule has 84 valence electrons. The Kier molecular flexibility index (Phi) is 5.73. The highest BCUT2D eigenvalue weighted by atomic mass is 32.2. The van der Waals surface area contributed by atoms with Gasteiger partial charge in [0, 0.05) is 17.9 Å². The number of hydrogen-bond donors (Lipinski definition) is 1. The van der Waals surface area contributed by atoms with E-state index in [0.29, 0.717) is 5.56 Å². The van der Waals surface area contributed by atoms with E-state index in [1.54, 1.807) is 17.8 Å². The van der Waals surface area contributed by atoms with Gasteiger partial charge in [-0.2, -0.15) is 11.8 Å². The van der Waals surface area contributed by atoms with Gasteiger partial charge in [-0.1, -0.05) is 31.5 Å². The molecule has 0 saturated carbocycles. The Bertz CT molecular complexity index is 302. The summed E-state index contributed by atoms with van der Waals surface area (Å²) in [4.78, 5) is 0. The van der Waals surface area contributed by atoms with Crippen molar-refractivity contribution in [3.05, 3.63) is 35.1 Å². The van der Waals surface area contributed by atoms with Crippen molar-refractivity contribution in [2.24, 2.45) is 5.73 Å². The number of thioether (sulfide) groups is 1. The van der Waals surface area contributed by atoms with Crippen LogP contribution in [-0.2, 0) is 12.3 Å². The Balaban J connectivity index is 2.53. The highest BCUT2D eigenvalue weighted by Gasteiger charge is 2.05. The number of rotatable bonds is 6. The fourth-order valence-corrected chi connectivity index (χ4v) is 2.41. The second-order valence-electron chi connectivity index (χ2n) is 3.50. The summed E-state index contributed by atoms with van der Waals surface area (Å²) in [6, 6.07) is 5.46. The average molecular weight is 227 g/mol. The molecule has 0 atom stereocenters. The molecule has 0 aliphatic carbocycles. The number of benzene rings is 1. The highest BCUT2D eigenvalue weighted by molar-refractivity contribution is 7.98. The van der Waals surface area contributed by atoms with Gasteiger partial charge in [0.05, 0.1) is 0 Å². The van der Waals surface area contributed by atoms with E-state index in [1.165, 1.54) is 12.8 Å². The number of nitrogens with two attached hydrogens (primary N) is 1. The van der Waals surface area contributed by atoms with Crippen molar-refractivity contribution in [3.63, 3.8) is 0 Å². The molecule has 15 heavy (non-hydrogen) atoms. The molecule has 2 N–H and O–H groups in total. The van der Waals surface area contributed by atoms with Crippen molar-refractivity contribution in [1.29, 1.82) is 0 Å². The molecule has 0 aliphatic rings. The lowest BCUT2D eigenvalue weighted by Gasteiger charge is -2.06. The van der Waals surface area contributed by atoms with Crippen LogP contribution in [0, 0.1) is 5.82 Å². The van der Waals surface area contributed by atoms with Crippen molar-refractivity contribution in [2.45, 2.75) is 32.1 Å². The third-order valence-electron chi connectivity index (χ3n) is 2.28. The summed E-state index contributed by atoms with van der Waals surface area (Å²) in [6.45, 7) is 2.44. The standard InChI is InChI=1S/C12H18FNS/c1-2-3-7-15-9-11-6-4-5-10(8-14)12(11)13/h4-6H,2-3,7-9,14H2,1H3. The summed E-state index contributed by atoms with van der Waals surface area (Å²) in [5.74, 6) is 1.73. The monoisotopic (exact) mass is 227 g/mol. The predicted molar refractivity (Wildman–Crippen MR) is 65.4 cm³/mol. The van der Waals surface area contributed by atoms with Gasteiger partial charge in [0.2, 0.25) is 0 Å². The first kappa shape index (κ1) is 12.5. The molecule has 0 amide bonds. The van der Waals surface area contributed by atoms with Gasteiger partial charge in [-0.25, -0.2) is 4.39 Å². The third-order valence-corrected chi connectivity index (χ3v) is 3.37. The lowest BCUT2D eigenvalue weighted by atomic mass is 10.1. The largest absolute Gasteiger partial charge is 0.326 e. The van der Waals surface area contributed by atoms with Gasteiger partial charge in [-0.05, 0) is 17.7 Å². The summed E-state index contributed by atoms with van der Waals surface area (Å²) in [6.07, 6.45) is 2.39. The van der Waals surface area contributed by atoms with E-state index in [0.717, 1.165) is 17.1 Å². The molecule has 0 saturated heterocycles. The zero-order chi connectivity index (χ0) is 11.1. The molecule has 1 rings (SSSR count). The van der Waals surface area contributed by atoms with Crippen LogP contribution in [0.3, 0.4) is 0 Å². The number of hydrogen-bond acceptors (Lipinski definition) is 2. The zero-order valence-electron chi connectivity index (χ0n) is 9.13. The van der Waals surface area contributed by atoms with Crippen LogP contribution in [0.5, 0.6) is 0 Å². The normalized spacial score (nSPS) is 10.6. The van der Waals surface area contributed by atoms with E-state index < -0.39 is 0 Å². The minimum Gasteiger partial charge on any atom is -0.326 e. The van der Waals surface area contributed by atoms with E-state index in [2.05, 4.69) is 6.92 Å². The quantitative estimate of drug-likeness (QED) is 0.754. The SMILES string of the molecule is CCCCSCc1cccc(CN)c1F. The summed E-state index contributed by atoms with van der Waals surface area (Å²) in [7, 11) is 0. The lowest BCUT2D eigenvalue weighted by molar-refractivity contribution is 0.600. The molecule has 1 nitrogen and oxygen atoms in total. The van der Waals surface area contributed by atoms with Gasteiger partial charge >= 0.3 is 0 Å². The first-order valence-corrected chi connectivity index (χ1v) is 6.49. The van der Waals surface area contributed by atoms with E-state index in [1.807, 2.05) is 12.1 Å². The summed E-state index contributed by atoms with van der Waals surface area (Å²) < 4.78 is 13.7. The van der Waals surface area contributed by atoms with Crippen molar-refractivity contribution in [1.82, 2.24) is 0 Å². The van der Waals surface area contributed by atoms with Crippen molar-refractivity contribution in [3.8, 4) is 0 Å². The smallest absolute Gasteiger partial charge is 0.131 e. The molecule has 0 heterocycles. The molecule has 0 aliphatic heterocycles. The van der Waals surface area contributed by atoms with Gasteiger partial charge in [-0.15, -0.1) is 0 Å². The first-order chi connectivity index (χ1) is 7.29. The van der Waals surface area contributed by atoms with Crippen LogP contribution in [0.1, 0.15) is 30.9 Å².